The fourth-order valence-corrected chi connectivity index (χ4v) is 13.2. The number of nitrogen functional groups attached to an aromatic ring is 1. The molecule has 4 unspecified atom stereocenters. The number of aromatic amines is 2. The van der Waals surface area contributed by atoms with E-state index < -0.39 is 154 Å². The van der Waals surface area contributed by atoms with Gasteiger partial charge < -0.3 is 69.8 Å². The minimum Gasteiger partial charge on any atom is -0.387 e. The summed E-state index contributed by atoms with van der Waals surface area (Å²) in [5.74, 6) is -1.79. The molecule has 16 atom stereocenters. The third-order valence-electron chi connectivity index (χ3n) is 12.4. The summed E-state index contributed by atoms with van der Waals surface area (Å²) < 4.78 is 110. The number of carbonyl (C=O) groups excluding carboxylic acids is 1. The summed E-state index contributed by atoms with van der Waals surface area (Å²) in [5, 5.41) is 35.8. The number of ether oxygens (including phenoxy) is 4. The van der Waals surface area contributed by atoms with Crippen LogP contribution >= 0.6 is 31.3 Å². The molecule has 0 aromatic carbocycles. The van der Waals surface area contributed by atoms with E-state index in [0.29, 0.717) is 6.54 Å². The highest BCUT2D eigenvalue weighted by Crippen LogP contribution is 2.68. The van der Waals surface area contributed by atoms with Crippen LogP contribution in [0.1, 0.15) is 32.0 Å². The molecule has 0 bridgehead atoms. The number of fused-ring (bicyclic) bond motifs is 2. The van der Waals surface area contributed by atoms with Crippen molar-refractivity contribution in [2.45, 2.75) is 80.9 Å². The van der Waals surface area contributed by atoms with Crippen LogP contribution in [0.25, 0.3) is 22.3 Å². The van der Waals surface area contributed by atoms with Gasteiger partial charge in [-0.15, -0.1) is 0 Å². The van der Waals surface area contributed by atoms with Crippen LogP contribution in [0.5, 0.6) is 0 Å². The number of aliphatic hydroxyl groups is 3. The maximum atomic E-state index is 13.6. The van der Waals surface area contributed by atoms with Gasteiger partial charge in [-0.2, -0.15) is 8.62 Å². The Bertz CT molecular complexity index is 3450. The lowest BCUT2D eigenvalue weighted by Gasteiger charge is -2.26. The van der Waals surface area contributed by atoms with E-state index in [1.54, 1.807) is 6.92 Å². The maximum Gasteiger partial charge on any atom is 0.490 e. The third-order valence-corrected chi connectivity index (χ3v) is 17.6. The Labute approximate surface area is 441 Å². The molecule has 0 aliphatic carbocycles. The summed E-state index contributed by atoms with van der Waals surface area (Å²) in [4.78, 5) is 115. The number of carbonyl (C=O) groups is 1. The molecular weight excluding hydrogens is 1150 g/mol. The quantitative estimate of drug-likeness (QED) is 0.0225. The summed E-state index contributed by atoms with van der Waals surface area (Å²) in [5.41, 5.74) is 3.65. The molecule has 8 heterocycles. The van der Waals surface area contributed by atoms with E-state index in [1.807, 2.05) is 4.98 Å². The lowest BCUT2D eigenvalue weighted by Crippen LogP contribution is -2.45. The van der Waals surface area contributed by atoms with Crippen molar-refractivity contribution in [1.29, 1.82) is 0 Å². The lowest BCUT2D eigenvalue weighted by molar-refractivity contribution is -0.745. The molecule has 5 aromatic heterocycles. The Hall–Kier alpha value is -5.11. The van der Waals surface area contributed by atoms with E-state index >= 15 is 0 Å². The number of phosphoric acid groups is 4. The number of nitrogens with two attached hydrogens (primary N) is 1. The van der Waals surface area contributed by atoms with Crippen molar-refractivity contribution in [2.75, 3.05) is 58.6 Å². The number of aryl methyl sites for hydroxylation is 1. The number of rotatable bonds is 23. The van der Waals surface area contributed by atoms with Crippen LogP contribution < -0.4 is 32.4 Å². The smallest absolute Gasteiger partial charge is 0.387 e. The number of nitrogens with zero attached hydrogens (tertiary/aromatic N) is 9. The first-order valence-electron chi connectivity index (χ1n) is 23.1. The van der Waals surface area contributed by atoms with Crippen molar-refractivity contribution in [3.05, 3.63) is 62.4 Å². The summed E-state index contributed by atoms with van der Waals surface area (Å²) in [7, 11) is -18.1. The first kappa shape index (κ1) is 60.0. The Morgan fingerprint density at radius 3 is 2.13 bits per heavy atom. The second-order valence-electron chi connectivity index (χ2n) is 17.9. The maximum absolute atomic E-state index is 13.6. The number of H-pyrrole nitrogens is 2. The Balaban J connectivity index is 0.953. The monoisotopic (exact) mass is 1200 g/mol. The highest BCUT2D eigenvalue weighted by molar-refractivity contribution is 7.66. The summed E-state index contributed by atoms with van der Waals surface area (Å²) in [6, 6.07) is 0.923. The van der Waals surface area contributed by atoms with Gasteiger partial charge in [-0.3, -0.25) is 56.1 Å². The Morgan fingerprint density at radius 2 is 1.48 bits per heavy atom. The van der Waals surface area contributed by atoms with E-state index in [-0.39, 0.29) is 34.1 Å². The van der Waals surface area contributed by atoms with E-state index in [2.05, 4.69) is 38.9 Å². The van der Waals surface area contributed by atoms with Gasteiger partial charge in [0.1, 0.15) is 54.6 Å². The van der Waals surface area contributed by atoms with Gasteiger partial charge in [-0.1, -0.05) is 4.98 Å². The van der Waals surface area contributed by atoms with E-state index in [1.165, 1.54) is 46.1 Å². The topological polar surface area (TPSA) is 514 Å². The van der Waals surface area contributed by atoms with Crippen molar-refractivity contribution < 1.29 is 108 Å². The normalized spacial score (nSPS) is 29.3. The number of hydrogen-bond donors (Lipinski definition) is 11. The summed E-state index contributed by atoms with van der Waals surface area (Å²) in [6.07, 6.45) is -14.2. The predicted octanol–water partition coefficient (Wildman–Crippen LogP) is -3.29. The van der Waals surface area contributed by atoms with Crippen molar-refractivity contribution in [2.24, 2.45) is 13.0 Å². The SMILES string of the molecule is CCNc1nc2c(c(=O)[nH]1)n(C)c[n+]2[C@@H]1O[C@H](COP(=O)(O)OP(=O)(O)OP(=O)(O)OC[C@H]2O[C@@H](n3cnc4c(N)ncnc43)[C@H](OC)[C@@H]2OP(=O)(O)OC[C@H]2O[C@@H](n3ccc(=O)[nH]c3=O)[C@H](O)[C@@H]2O)[C@@H](CC(=O)N(C)C)[C@H]1O. The van der Waals surface area contributed by atoms with Crippen LogP contribution in [0.4, 0.5) is 11.8 Å². The number of methoxy groups -OCH3 is 1. The predicted molar refractivity (Wildman–Crippen MR) is 258 cm³/mol. The number of amides is 1. The first-order valence-corrected chi connectivity index (χ1v) is 29.1. The van der Waals surface area contributed by atoms with Gasteiger partial charge in [0, 0.05) is 52.4 Å². The number of aliphatic hydroxyl groups excluding tert-OH is 3. The standard InChI is InChI=1S/C37H53N13O25P4/c1-6-39-36-44-31-23(32(56)45-36)47(4)15-50(31)33-24(53)16(9-21(52)46(2)3)17(70-33)10-68-77(60,61)74-79(64,65)75-78(62,63)69-12-19-27(28(66-5)35(72-19)49-14-42-22-29(38)40-13-41-30(22)49)73-76(58,59)67-11-18-25(54)26(55)34(71-18)48-8-7-20(51)43-37(48)57/h7-8,13-19,24-28,33-35,53-55H,6,9-12H2,1-5H3,(H8-,38,39,40,41,43,44,45,51,56,57,58,59,60,61,62,63,64,65)/p+1/t16-,17-,18-,19-,24-,25-,26-,27-,28-,33-,34-,35-/m1/s1. The van der Waals surface area contributed by atoms with Crippen molar-refractivity contribution in [3.63, 3.8) is 0 Å². The molecule has 3 aliphatic rings. The third kappa shape index (κ3) is 13.2. The van der Waals surface area contributed by atoms with Gasteiger partial charge in [0.15, 0.2) is 30.2 Å². The molecule has 5 aromatic rings. The second kappa shape index (κ2) is 23.4. The molecule has 79 heavy (non-hydrogen) atoms. The van der Waals surface area contributed by atoms with Crippen LogP contribution in [-0.2, 0) is 75.8 Å². The molecule has 38 nitrogen and oxygen atoms in total. The Kier molecular flexibility index (Phi) is 17.8. The van der Waals surface area contributed by atoms with E-state index in [4.69, 9.17) is 42.8 Å². The van der Waals surface area contributed by atoms with Crippen LogP contribution in [0.3, 0.4) is 0 Å². The van der Waals surface area contributed by atoms with Crippen molar-refractivity contribution in [3.8, 4) is 0 Å². The molecule has 3 saturated heterocycles. The number of phosphoric ester groups is 3. The van der Waals surface area contributed by atoms with Gasteiger partial charge in [-0.25, -0.2) is 42.6 Å². The number of imidazole rings is 2. The molecule has 3 fully saturated rings. The van der Waals surface area contributed by atoms with Crippen LogP contribution in [0.15, 0.2) is 45.6 Å². The average molecular weight is 1200 g/mol. The minimum absolute atomic E-state index is 0.00102. The second-order valence-corrected chi connectivity index (χ2v) is 23.9. The van der Waals surface area contributed by atoms with Crippen LogP contribution in [0, 0.1) is 5.92 Å². The Morgan fingerprint density at radius 1 is 0.835 bits per heavy atom. The molecule has 436 valence electrons. The highest BCUT2D eigenvalue weighted by atomic mass is 31.3. The summed E-state index contributed by atoms with van der Waals surface area (Å²) >= 11 is 0. The van der Waals surface area contributed by atoms with Gasteiger partial charge in [0.2, 0.25) is 17.7 Å². The van der Waals surface area contributed by atoms with E-state index in [9.17, 15) is 72.3 Å². The largest absolute Gasteiger partial charge is 0.490 e. The molecule has 42 heteroatoms. The molecular formula is C37H54N13O25P4+. The molecule has 3 aliphatic heterocycles. The van der Waals surface area contributed by atoms with Crippen LogP contribution in [-0.4, -0.2) is 186 Å². The average Bonchev–Trinajstić information content (AvgIpc) is 4.39. The fourth-order valence-electron chi connectivity index (χ4n) is 8.75. The fraction of sp³-hybridized carbons (Fsp3) is 0.595. The van der Waals surface area contributed by atoms with Gasteiger partial charge in [0.05, 0.1) is 39.3 Å². The zero-order valence-electron chi connectivity index (χ0n) is 41.7. The zero-order valence-corrected chi connectivity index (χ0v) is 45.3. The number of nitrogens with one attached hydrogen (secondary N) is 3. The number of aromatic nitrogens is 10. The molecule has 0 radical (unpaired) electrons. The van der Waals surface area contributed by atoms with Gasteiger partial charge in [-0.05, 0) is 6.92 Å². The number of anilines is 2. The highest BCUT2D eigenvalue weighted by Gasteiger charge is 2.54. The minimum atomic E-state index is -6.24. The molecule has 0 spiro atoms. The van der Waals surface area contributed by atoms with E-state index in [0.717, 1.165) is 36.6 Å². The van der Waals surface area contributed by atoms with Gasteiger partial charge in [0.25, 0.3) is 17.1 Å². The van der Waals surface area contributed by atoms with Crippen LogP contribution in [0.2, 0.25) is 0 Å². The summed E-state index contributed by atoms with van der Waals surface area (Å²) in [6.45, 7) is -1.23. The van der Waals surface area contributed by atoms with Crippen molar-refractivity contribution in [1.82, 2.24) is 48.5 Å². The molecule has 1 amide bonds. The van der Waals surface area contributed by atoms with Gasteiger partial charge >= 0.3 is 42.6 Å². The molecule has 0 saturated carbocycles. The molecule has 8 rings (SSSR count). The van der Waals surface area contributed by atoms with Crippen molar-refractivity contribution >= 4 is 71.3 Å². The first-order chi connectivity index (χ1) is 37.0. The zero-order chi connectivity index (χ0) is 57.7. The number of hydrogen-bond acceptors (Lipinski definition) is 27. The lowest BCUT2D eigenvalue weighted by atomic mass is 9.94. The molecule has 12 N–H and O–H groups in total.